The minimum Gasteiger partial charge on any atom is -0.411 e. The average molecular weight is 146 g/mol. The van der Waals surface area contributed by atoms with Crippen molar-refractivity contribution in [3.8, 4) is 0 Å². The zero-order valence-corrected chi connectivity index (χ0v) is 5.78. The van der Waals surface area contributed by atoms with E-state index in [0.29, 0.717) is 6.42 Å². The van der Waals surface area contributed by atoms with Gasteiger partial charge in [0, 0.05) is 4.92 Å². The molecule has 0 aromatic carbocycles. The molecule has 0 rings (SSSR count). The van der Waals surface area contributed by atoms with Gasteiger partial charge in [-0.05, 0) is 6.42 Å². The minimum atomic E-state index is -0.509. The van der Waals surface area contributed by atoms with E-state index >= 15 is 0 Å². The van der Waals surface area contributed by atoms with Crippen molar-refractivity contribution < 1.29 is 10.1 Å². The number of oxime groups is 1. The highest BCUT2D eigenvalue weighted by atomic mass is 16.6. The van der Waals surface area contributed by atoms with Crippen LogP contribution < -0.4 is 0 Å². The molecule has 5 nitrogen and oxygen atoms in total. The van der Waals surface area contributed by atoms with E-state index < -0.39 is 4.92 Å². The molecule has 0 radical (unpaired) electrons. The number of nitrogens with zero attached hydrogens (tertiary/aromatic N) is 2. The molecule has 0 bridgehead atoms. The highest BCUT2D eigenvalue weighted by Gasteiger charge is 2.05. The molecule has 5 heteroatoms. The summed E-state index contributed by atoms with van der Waals surface area (Å²) in [5.74, 6) is 0. The molecule has 1 N–H and O–H groups in total. The summed E-state index contributed by atoms with van der Waals surface area (Å²) >= 11 is 0. The van der Waals surface area contributed by atoms with Gasteiger partial charge in [-0.3, -0.25) is 10.1 Å². The van der Waals surface area contributed by atoms with Gasteiger partial charge in [0.2, 0.25) is 6.54 Å². The predicted octanol–water partition coefficient (Wildman–Crippen LogP) is 0.893. The van der Waals surface area contributed by atoms with Gasteiger partial charge in [-0.1, -0.05) is 18.5 Å². The summed E-state index contributed by atoms with van der Waals surface area (Å²) in [4.78, 5) is 9.35. The normalized spacial score (nSPS) is 11.5. The Labute approximate surface area is 58.5 Å². The Bertz CT molecular complexity index is 144. The molecule has 0 amide bonds. The molecule has 0 aliphatic heterocycles. The summed E-state index contributed by atoms with van der Waals surface area (Å²) in [6.45, 7) is 1.51. The summed E-state index contributed by atoms with van der Waals surface area (Å²) in [5, 5.41) is 20.8. The van der Waals surface area contributed by atoms with E-state index in [4.69, 9.17) is 5.21 Å². The topological polar surface area (TPSA) is 75.7 Å². The van der Waals surface area contributed by atoms with Gasteiger partial charge in [-0.25, -0.2) is 0 Å². The second-order valence-electron chi connectivity index (χ2n) is 1.91. The Kier molecular flexibility index (Phi) is 4.19. The van der Waals surface area contributed by atoms with E-state index in [2.05, 4.69) is 5.16 Å². The Hall–Kier alpha value is -1.13. The van der Waals surface area contributed by atoms with Crippen LogP contribution in [0.3, 0.4) is 0 Å². The maximum absolute atomic E-state index is 9.86. The monoisotopic (exact) mass is 146 g/mol. The third-order valence-corrected chi connectivity index (χ3v) is 0.992. The first-order valence-electron chi connectivity index (χ1n) is 3.02. The Balaban J connectivity index is 3.73. The summed E-state index contributed by atoms with van der Waals surface area (Å²) < 4.78 is 0. The van der Waals surface area contributed by atoms with Crippen LogP contribution in [-0.2, 0) is 0 Å². The van der Waals surface area contributed by atoms with Gasteiger partial charge in [0.25, 0.3) is 0 Å². The molecule has 0 aliphatic rings. The molecule has 0 fully saturated rings. The van der Waals surface area contributed by atoms with Gasteiger partial charge in [0.05, 0.1) is 0 Å². The zero-order valence-electron chi connectivity index (χ0n) is 5.78. The molecule has 0 saturated carbocycles. The third kappa shape index (κ3) is 3.82. The van der Waals surface area contributed by atoms with Crippen molar-refractivity contribution in [2.75, 3.05) is 6.54 Å². The molecule has 0 saturated heterocycles. The van der Waals surface area contributed by atoms with Crippen LogP contribution >= 0.6 is 0 Å². The van der Waals surface area contributed by atoms with Crippen molar-refractivity contribution in [1.29, 1.82) is 0 Å². The lowest BCUT2D eigenvalue weighted by Crippen LogP contribution is -2.13. The number of nitro groups is 1. The van der Waals surface area contributed by atoms with Crippen molar-refractivity contribution in [2.45, 2.75) is 19.8 Å². The lowest BCUT2D eigenvalue weighted by molar-refractivity contribution is -0.463. The van der Waals surface area contributed by atoms with Crippen LogP contribution in [0.2, 0.25) is 0 Å². The second-order valence-corrected chi connectivity index (χ2v) is 1.91. The number of rotatable bonds is 4. The Morgan fingerprint density at radius 1 is 1.80 bits per heavy atom. The van der Waals surface area contributed by atoms with E-state index in [9.17, 15) is 10.1 Å². The predicted molar refractivity (Wildman–Crippen MR) is 36.0 cm³/mol. The van der Waals surface area contributed by atoms with Crippen LogP contribution in [0.15, 0.2) is 5.16 Å². The Morgan fingerprint density at radius 3 is 2.70 bits per heavy atom. The third-order valence-electron chi connectivity index (χ3n) is 0.992. The van der Waals surface area contributed by atoms with Crippen molar-refractivity contribution in [3.05, 3.63) is 10.1 Å². The Morgan fingerprint density at radius 2 is 2.40 bits per heavy atom. The highest BCUT2D eigenvalue weighted by Crippen LogP contribution is 1.91. The van der Waals surface area contributed by atoms with Crippen LogP contribution in [0.25, 0.3) is 0 Å². The molecule has 0 spiro atoms. The summed E-state index contributed by atoms with van der Waals surface area (Å²) in [6, 6.07) is 0. The van der Waals surface area contributed by atoms with Gasteiger partial charge in [0.1, 0.15) is 5.71 Å². The van der Waals surface area contributed by atoms with Gasteiger partial charge in [0.15, 0.2) is 0 Å². The minimum absolute atomic E-state index is 0.229. The van der Waals surface area contributed by atoms with E-state index in [1.165, 1.54) is 0 Å². The van der Waals surface area contributed by atoms with E-state index in [1.54, 1.807) is 0 Å². The molecule has 0 unspecified atom stereocenters. The SMILES string of the molecule is CCC/C(C[N+](=O)[O-])=N\O. The number of hydrogen-bond donors (Lipinski definition) is 1. The molecule has 0 aromatic rings. The summed E-state index contributed by atoms with van der Waals surface area (Å²) in [5.41, 5.74) is 0.229. The maximum atomic E-state index is 9.86. The fourth-order valence-electron chi connectivity index (χ4n) is 0.598. The lowest BCUT2D eigenvalue weighted by atomic mass is 10.2. The quantitative estimate of drug-likeness (QED) is 0.277. The van der Waals surface area contributed by atoms with Gasteiger partial charge in [-0.15, -0.1) is 0 Å². The fraction of sp³-hybridized carbons (Fsp3) is 0.800. The number of hydrogen-bond acceptors (Lipinski definition) is 4. The van der Waals surface area contributed by atoms with Gasteiger partial charge in [-0.2, -0.15) is 0 Å². The molecular formula is C5H10N2O3. The first-order valence-corrected chi connectivity index (χ1v) is 3.02. The van der Waals surface area contributed by atoms with E-state index in [0.717, 1.165) is 6.42 Å². The largest absolute Gasteiger partial charge is 0.411 e. The standard InChI is InChI=1S/C5H10N2O3/c1-2-3-5(6-8)4-7(9)10/h8H,2-4H2,1H3/b6-5+. The van der Waals surface area contributed by atoms with Crippen molar-refractivity contribution >= 4 is 5.71 Å². The maximum Gasteiger partial charge on any atom is 0.244 e. The van der Waals surface area contributed by atoms with E-state index in [1.807, 2.05) is 6.92 Å². The first-order chi connectivity index (χ1) is 4.70. The van der Waals surface area contributed by atoms with Crippen molar-refractivity contribution in [1.82, 2.24) is 0 Å². The first kappa shape index (κ1) is 8.87. The van der Waals surface area contributed by atoms with Crippen LogP contribution in [0.5, 0.6) is 0 Å². The zero-order chi connectivity index (χ0) is 7.98. The van der Waals surface area contributed by atoms with Crippen molar-refractivity contribution in [3.63, 3.8) is 0 Å². The van der Waals surface area contributed by atoms with Gasteiger partial charge < -0.3 is 5.21 Å². The molecule has 58 valence electrons. The summed E-state index contributed by atoms with van der Waals surface area (Å²) in [7, 11) is 0. The molecule has 10 heavy (non-hydrogen) atoms. The molecular weight excluding hydrogens is 136 g/mol. The van der Waals surface area contributed by atoms with Crippen LogP contribution in [-0.4, -0.2) is 22.4 Å². The highest BCUT2D eigenvalue weighted by molar-refractivity contribution is 5.84. The smallest absolute Gasteiger partial charge is 0.244 e. The van der Waals surface area contributed by atoms with Crippen LogP contribution in [0.4, 0.5) is 0 Å². The van der Waals surface area contributed by atoms with Gasteiger partial charge >= 0.3 is 0 Å². The molecule has 0 atom stereocenters. The summed E-state index contributed by atoms with van der Waals surface area (Å²) in [6.07, 6.45) is 1.24. The second kappa shape index (κ2) is 4.72. The van der Waals surface area contributed by atoms with Crippen LogP contribution in [0.1, 0.15) is 19.8 Å². The lowest BCUT2D eigenvalue weighted by Gasteiger charge is -1.94. The molecule has 0 heterocycles. The van der Waals surface area contributed by atoms with Crippen LogP contribution in [0, 0.1) is 10.1 Å². The molecule has 0 aromatic heterocycles. The fourth-order valence-corrected chi connectivity index (χ4v) is 0.598. The molecule has 0 aliphatic carbocycles. The van der Waals surface area contributed by atoms with E-state index in [-0.39, 0.29) is 12.3 Å². The van der Waals surface area contributed by atoms with Crippen molar-refractivity contribution in [2.24, 2.45) is 5.16 Å². The average Bonchev–Trinajstić information content (AvgIpc) is 1.86.